The highest BCUT2D eigenvalue weighted by molar-refractivity contribution is 5.76. The van der Waals surface area contributed by atoms with Crippen molar-refractivity contribution in [3.05, 3.63) is 35.9 Å². The van der Waals surface area contributed by atoms with Crippen LogP contribution in [0.4, 0.5) is 0 Å². The number of amides is 1. The summed E-state index contributed by atoms with van der Waals surface area (Å²) < 4.78 is 5.32. The van der Waals surface area contributed by atoms with Gasteiger partial charge in [-0.15, -0.1) is 0 Å². The molecule has 0 radical (unpaired) electrons. The summed E-state index contributed by atoms with van der Waals surface area (Å²) in [5, 5.41) is 0. The van der Waals surface area contributed by atoms with Gasteiger partial charge in [-0.1, -0.05) is 30.3 Å². The van der Waals surface area contributed by atoms with Gasteiger partial charge >= 0.3 is 0 Å². The van der Waals surface area contributed by atoms with Crippen LogP contribution >= 0.6 is 0 Å². The van der Waals surface area contributed by atoms with Gasteiger partial charge < -0.3 is 14.5 Å². The molecule has 136 valence electrons. The van der Waals surface area contributed by atoms with E-state index in [0.29, 0.717) is 25.5 Å². The van der Waals surface area contributed by atoms with Crippen molar-refractivity contribution in [3.8, 4) is 0 Å². The van der Waals surface area contributed by atoms with E-state index >= 15 is 0 Å². The van der Waals surface area contributed by atoms with Crippen LogP contribution in [0, 0.1) is 11.8 Å². The molecule has 2 atom stereocenters. The van der Waals surface area contributed by atoms with Crippen LogP contribution in [0.5, 0.6) is 0 Å². The number of carbonyl (C=O) groups is 1. The van der Waals surface area contributed by atoms with Gasteiger partial charge in [0.1, 0.15) is 0 Å². The Morgan fingerprint density at radius 3 is 2.48 bits per heavy atom. The van der Waals surface area contributed by atoms with Crippen molar-refractivity contribution >= 4 is 5.91 Å². The Morgan fingerprint density at radius 1 is 1.04 bits per heavy atom. The lowest BCUT2D eigenvalue weighted by molar-refractivity contribution is -0.135. The summed E-state index contributed by atoms with van der Waals surface area (Å²) in [5.74, 6) is 2.90. The van der Waals surface area contributed by atoms with Crippen LogP contribution in [-0.4, -0.2) is 61.6 Å². The van der Waals surface area contributed by atoms with E-state index in [-0.39, 0.29) is 0 Å². The number of likely N-dealkylation sites (tertiary alicyclic amines) is 1. The molecule has 3 aliphatic rings. The fourth-order valence-corrected chi connectivity index (χ4v) is 4.65. The van der Waals surface area contributed by atoms with Crippen LogP contribution in [0.2, 0.25) is 0 Å². The first-order chi connectivity index (χ1) is 12.3. The third kappa shape index (κ3) is 4.24. The molecule has 2 aliphatic heterocycles. The van der Waals surface area contributed by atoms with E-state index < -0.39 is 0 Å². The van der Waals surface area contributed by atoms with Crippen LogP contribution in [0.3, 0.4) is 0 Å². The molecule has 2 heterocycles. The van der Waals surface area contributed by atoms with Gasteiger partial charge in [-0.05, 0) is 55.7 Å². The molecule has 1 aromatic carbocycles. The zero-order chi connectivity index (χ0) is 17.1. The Hall–Kier alpha value is -1.39. The summed E-state index contributed by atoms with van der Waals surface area (Å²) in [4.78, 5) is 16.7. The Labute approximate surface area is 151 Å². The van der Waals surface area contributed by atoms with E-state index in [2.05, 4.69) is 35.2 Å². The highest BCUT2D eigenvalue weighted by Crippen LogP contribution is 2.54. The van der Waals surface area contributed by atoms with E-state index in [0.717, 1.165) is 37.4 Å². The smallest absolute Gasteiger partial charge is 0.224 e. The maximum Gasteiger partial charge on any atom is 0.224 e. The van der Waals surface area contributed by atoms with E-state index in [1.54, 1.807) is 0 Å². The molecule has 0 N–H and O–H groups in total. The van der Waals surface area contributed by atoms with Crippen molar-refractivity contribution in [2.75, 3.05) is 45.9 Å². The van der Waals surface area contributed by atoms with Gasteiger partial charge in [0, 0.05) is 26.1 Å². The number of ether oxygens (including phenoxy) is 1. The van der Waals surface area contributed by atoms with Crippen LogP contribution in [0.1, 0.15) is 37.2 Å². The Kier molecular flexibility index (Phi) is 5.37. The predicted molar refractivity (Wildman–Crippen MR) is 98.5 cm³/mol. The first-order valence-electron chi connectivity index (χ1n) is 9.94. The monoisotopic (exact) mass is 342 g/mol. The molecule has 25 heavy (non-hydrogen) atoms. The number of piperidine rings is 1. The molecule has 4 rings (SSSR count). The molecule has 1 aromatic rings. The predicted octanol–water partition coefficient (Wildman–Crippen LogP) is 2.75. The molecule has 1 saturated carbocycles. The summed E-state index contributed by atoms with van der Waals surface area (Å²) in [5.41, 5.74) is 1.53. The molecule has 1 unspecified atom stereocenters. The molecular weight excluding hydrogens is 312 g/mol. The standard InChI is InChI=1S/C21H30N2O2/c24-21(23-12-14-25-15-13-23)8-11-22-9-6-18(7-10-22)20-16-19(20)17-4-2-1-3-5-17/h1-5,18-20H,6-16H2/t19-,20?/m1/s1. The maximum absolute atomic E-state index is 12.3. The van der Waals surface area contributed by atoms with Gasteiger partial charge in [-0.2, -0.15) is 0 Å². The van der Waals surface area contributed by atoms with Gasteiger partial charge in [-0.3, -0.25) is 4.79 Å². The summed E-state index contributed by atoms with van der Waals surface area (Å²) in [6.07, 6.45) is 4.66. The van der Waals surface area contributed by atoms with Crippen LogP contribution in [-0.2, 0) is 9.53 Å². The molecule has 4 nitrogen and oxygen atoms in total. The van der Waals surface area contributed by atoms with E-state index in [4.69, 9.17) is 4.74 Å². The van der Waals surface area contributed by atoms with Crippen LogP contribution < -0.4 is 0 Å². The first kappa shape index (κ1) is 17.0. The van der Waals surface area contributed by atoms with Crippen molar-refractivity contribution in [1.29, 1.82) is 0 Å². The molecule has 0 bridgehead atoms. The van der Waals surface area contributed by atoms with E-state index in [1.807, 2.05) is 4.90 Å². The lowest BCUT2D eigenvalue weighted by atomic mass is 9.90. The minimum absolute atomic E-state index is 0.303. The third-order valence-electron chi connectivity index (χ3n) is 6.31. The summed E-state index contributed by atoms with van der Waals surface area (Å²) >= 11 is 0. The van der Waals surface area contributed by atoms with Crippen LogP contribution in [0.15, 0.2) is 30.3 Å². The zero-order valence-corrected chi connectivity index (χ0v) is 15.1. The highest BCUT2D eigenvalue weighted by Gasteiger charge is 2.44. The fourth-order valence-electron chi connectivity index (χ4n) is 4.65. The summed E-state index contributed by atoms with van der Waals surface area (Å²) in [7, 11) is 0. The Bertz CT molecular complexity index is 563. The number of benzene rings is 1. The quantitative estimate of drug-likeness (QED) is 0.825. The molecule has 1 amide bonds. The van der Waals surface area contributed by atoms with Gasteiger partial charge in [0.2, 0.25) is 5.91 Å². The van der Waals surface area contributed by atoms with Crippen LogP contribution in [0.25, 0.3) is 0 Å². The average Bonchev–Trinajstić information content (AvgIpc) is 3.49. The largest absolute Gasteiger partial charge is 0.378 e. The molecule has 3 fully saturated rings. The van der Waals surface area contributed by atoms with Crippen molar-refractivity contribution in [1.82, 2.24) is 9.80 Å². The number of hydrogen-bond acceptors (Lipinski definition) is 3. The Morgan fingerprint density at radius 2 is 1.76 bits per heavy atom. The second-order valence-electron chi connectivity index (χ2n) is 7.84. The molecule has 4 heteroatoms. The number of morpholine rings is 1. The molecule has 0 aromatic heterocycles. The SMILES string of the molecule is O=C(CCN1CCC(C2C[C@@H]2c2ccccc2)CC1)N1CCOCC1. The Balaban J connectivity index is 1.17. The van der Waals surface area contributed by atoms with E-state index in [9.17, 15) is 4.79 Å². The van der Waals surface area contributed by atoms with Gasteiger partial charge in [0.25, 0.3) is 0 Å². The summed E-state index contributed by atoms with van der Waals surface area (Å²) in [6.45, 7) is 6.18. The highest BCUT2D eigenvalue weighted by atomic mass is 16.5. The molecule has 0 spiro atoms. The molecule has 1 aliphatic carbocycles. The average molecular weight is 342 g/mol. The van der Waals surface area contributed by atoms with E-state index in [1.165, 1.54) is 37.9 Å². The zero-order valence-electron chi connectivity index (χ0n) is 15.1. The maximum atomic E-state index is 12.3. The first-order valence-corrected chi connectivity index (χ1v) is 9.94. The van der Waals surface area contributed by atoms with Crippen molar-refractivity contribution in [3.63, 3.8) is 0 Å². The molecule has 2 saturated heterocycles. The topological polar surface area (TPSA) is 32.8 Å². The van der Waals surface area contributed by atoms with Crippen molar-refractivity contribution < 1.29 is 9.53 Å². The van der Waals surface area contributed by atoms with Crippen molar-refractivity contribution in [2.24, 2.45) is 11.8 Å². The lowest BCUT2D eigenvalue weighted by Crippen LogP contribution is -2.43. The number of rotatable bonds is 5. The lowest BCUT2D eigenvalue weighted by Gasteiger charge is -2.33. The summed E-state index contributed by atoms with van der Waals surface area (Å²) in [6, 6.07) is 11.0. The minimum atomic E-state index is 0.303. The van der Waals surface area contributed by atoms with Gasteiger partial charge in [0.15, 0.2) is 0 Å². The molecular formula is C21H30N2O2. The minimum Gasteiger partial charge on any atom is -0.378 e. The number of hydrogen-bond donors (Lipinski definition) is 0. The normalized spacial score (nSPS) is 28.1. The third-order valence-corrected chi connectivity index (χ3v) is 6.31. The fraction of sp³-hybridized carbons (Fsp3) is 0.667. The second kappa shape index (κ2) is 7.88. The van der Waals surface area contributed by atoms with Crippen molar-refractivity contribution in [2.45, 2.75) is 31.6 Å². The second-order valence-corrected chi connectivity index (χ2v) is 7.84. The van der Waals surface area contributed by atoms with Gasteiger partial charge in [0.05, 0.1) is 13.2 Å². The number of nitrogens with zero attached hydrogens (tertiary/aromatic N) is 2. The van der Waals surface area contributed by atoms with Gasteiger partial charge in [-0.25, -0.2) is 0 Å². The number of carbonyl (C=O) groups excluding carboxylic acids is 1.